The van der Waals surface area contributed by atoms with E-state index in [2.05, 4.69) is 15.9 Å². The van der Waals surface area contributed by atoms with Gasteiger partial charge in [-0.25, -0.2) is 8.42 Å². The van der Waals surface area contributed by atoms with Gasteiger partial charge in [-0.3, -0.25) is 0 Å². The molecule has 21 heavy (non-hydrogen) atoms. The van der Waals surface area contributed by atoms with Crippen LogP contribution in [0.15, 0.2) is 22.7 Å². The smallest absolute Gasteiger partial charge is 0.171 e. The molecule has 2 rings (SSSR count). The summed E-state index contributed by atoms with van der Waals surface area (Å²) in [5, 5.41) is 9.16. The summed E-state index contributed by atoms with van der Waals surface area (Å²) in [7, 11) is -3.13. The van der Waals surface area contributed by atoms with Crippen molar-refractivity contribution in [2.75, 3.05) is 28.7 Å². The molecule has 1 unspecified atom stereocenters. The number of anilines is 1. The first-order valence-electron chi connectivity index (χ1n) is 6.90. The van der Waals surface area contributed by atoms with Gasteiger partial charge in [0, 0.05) is 28.3 Å². The second-order valence-corrected chi connectivity index (χ2v) is 9.51. The predicted octanol–water partition coefficient (Wildman–Crippen LogP) is 2.82. The first kappa shape index (κ1) is 17.1. The molecular formula is C14H20BrNO3S2. The van der Waals surface area contributed by atoms with Crippen molar-refractivity contribution in [1.82, 2.24) is 0 Å². The standard InChI is InChI=1S/C14H20BrNO3S2/c1-3-21(18,19)14-9-20-7-6-16(14)13-5-4-11(10(2)17)8-12(13)15/h4-5,8,10,14,17H,3,6-7,9H2,1-2H3/t10-,14?/m1/s1. The van der Waals surface area contributed by atoms with Crippen LogP contribution in [0.1, 0.15) is 25.5 Å². The number of thioether (sulfide) groups is 1. The zero-order valence-corrected chi connectivity index (χ0v) is 15.3. The summed E-state index contributed by atoms with van der Waals surface area (Å²) in [6.07, 6.45) is -0.539. The Labute approximate surface area is 139 Å². The van der Waals surface area contributed by atoms with E-state index in [0.717, 1.165) is 21.5 Å². The van der Waals surface area contributed by atoms with E-state index >= 15 is 0 Å². The van der Waals surface area contributed by atoms with Crippen LogP contribution in [0.5, 0.6) is 0 Å². The maximum absolute atomic E-state index is 12.3. The van der Waals surface area contributed by atoms with Crippen LogP contribution in [-0.2, 0) is 9.84 Å². The SMILES string of the molecule is CCS(=O)(=O)C1CSCCN1c1ccc([C@@H](C)O)cc1Br. The topological polar surface area (TPSA) is 57.6 Å². The van der Waals surface area contributed by atoms with Gasteiger partial charge in [-0.2, -0.15) is 11.8 Å². The van der Waals surface area contributed by atoms with Crippen molar-refractivity contribution >= 4 is 43.2 Å². The minimum atomic E-state index is -3.13. The van der Waals surface area contributed by atoms with E-state index in [-0.39, 0.29) is 5.75 Å². The minimum absolute atomic E-state index is 0.151. The molecule has 0 aromatic heterocycles. The summed E-state index contributed by atoms with van der Waals surface area (Å²) in [6, 6.07) is 5.60. The second-order valence-electron chi connectivity index (χ2n) is 5.06. The normalized spacial score (nSPS) is 21.3. The zero-order valence-electron chi connectivity index (χ0n) is 12.1. The molecule has 0 aliphatic carbocycles. The van der Waals surface area contributed by atoms with E-state index < -0.39 is 21.3 Å². The van der Waals surface area contributed by atoms with Crippen LogP contribution < -0.4 is 4.90 Å². The third kappa shape index (κ3) is 3.75. The second kappa shape index (κ2) is 6.89. The van der Waals surface area contributed by atoms with E-state index in [1.54, 1.807) is 25.6 Å². The maximum atomic E-state index is 12.3. The van der Waals surface area contributed by atoms with Crippen LogP contribution >= 0.6 is 27.7 Å². The molecule has 0 bridgehead atoms. The van der Waals surface area contributed by atoms with Crippen molar-refractivity contribution in [2.24, 2.45) is 0 Å². The fourth-order valence-corrected chi connectivity index (χ4v) is 5.97. The predicted molar refractivity (Wildman–Crippen MR) is 92.7 cm³/mol. The molecular weight excluding hydrogens is 374 g/mol. The molecule has 1 aromatic rings. The first-order chi connectivity index (χ1) is 9.86. The van der Waals surface area contributed by atoms with Crippen molar-refractivity contribution in [3.05, 3.63) is 28.2 Å². The largest absolute Gasteiger partial charge is 0.389 e. The lowest BCUT2D eigenvalue weighted by atomic mass is 10.1. The summed E-state index contributed by atoms with van der Waals surface area (Å²) in [5.41, 5.74) is 1.69. The molecule has 1 aliphatic heterocycles. The fourth-order valence-electron chi connectivity index (χ4n) is 2.36. The van der Waals surface area contributed by atoms with Crippen molar-refractivity contribution in [2.45, 2.75) is 25.3 Å². The zero-order chi connectivity index (χ0) is 15.6. The first-order valence-corrected chi connectivity index (χ1v) is 10.6. The van der Waals surface area contributed by atoms with Crippen LogP contribution in [0.3, 0.4) is 0 Å². The average molecular weight is 394 g/mol. The van der Waals surface area contributed by atoms with Gasteiger partial charge >= 0.3 is 0 Å². The molecule has 4 nitrogen and oxygen atoms in total. The summed E-state index contributed by atoms with van der Waals surface area (Å²) < 4.78 is 25.5. The summed E-state index contributed by atoms with van der Waals surface area (Å²) in [6.45, 7) is 4.11. The molecule has 1 aromatic carbocycles. The maximum Gasteiger partial charge on any atom is 0.171 e. The molecule has 1 saturated heterocycles. The van der Waals surface area contributed by atoms with Crippen LogP contribution in [0, 0.1) is 0 Å². The third-order valence-electron chi connectivity index (χ3n) is 3.67. The number of halogens is 1. The van der Waals surface area contributed by atoms with E-state index in [9.17, 15) is 13.5 Å². The summed E-state index contributed by atoms with van der Waals surface area (Å²) >= 11 is 5.19. The molecule has 1 aliphatic rings. The number of hydrogen-bond donors (Lipinski definition) is 1. The number of hydrogen-bond acceptors (Lipinski definition) is 5. The summed E-state index contributed by atoms with van der Waals surface area (Å²) in [5.74, 6) is 1.67. The molecule has 1 fully saturated rings. The monoisotopic (exact) mass is 393 g/mol. The van der Waals surface area contributed by atoms with Gasteiger partial charge in [-0.05, 0) is 40.5 Å². The van der Waals surface area contributed by atoms with Gasteiger partial charge in [-0.15, -0.1) is 0 Å². The highest BCUT2D eigenvalue weighted by Crippen LogP contribution is 2.34. The highest BCUT2D eigenvalue weighted by atomic mass is 79.9. The summed E-state index contributed by atoms with van der Waals surface area (Å²) in [4.78, 5) is 1.96. The molecule has 7 heteroatoms. The van der Waals surface area contributed by atoms with Gasteiger partial charge in [0.2, 0.25) is 0 Å². The lowest BCUT2D eigenvalue weighted by Gasteiger charge is -2.37. The minimum Gasteiger partial charge on any atom is -0.389 e. The van der Waals surface area contributed by atoms with E-state index in [1.807, 2.05) is 23.1 Å². The molecule has 0 spiro atoms. The molecule has 118 valence electrons. The van der Waals surface area contributed by atoms with E-state index in [4.69, 9.17) is 0 Å². The number of nitrogens with zero attached hydrogens (tertiary/aromatic N) is 1. The Hall–Kier alpha value is -0.240. The highest BCUT2D eigenvalue weighted by Gasteiger charge is 2.33. The molecule has 0 saturated carbocycles. The van der Waals surface area contributed by atoms with Gasteiger partial charge < -0.3 is 10.0 Å². The van der Waals surface area contributed by atoms with Gasteiger partial charge in [0.15, 0.2) is 9.84 Å². The van der Waals surface area contributed by atoms with Crippen molar-refractivity contribution < 1.29 is 13.5 Å². The Balaban J connectivity index is 2.38. The molecule has 1 heterocycles. The Morgan fingerprint density at radius 2 is 2.24 bits per heavy atom. The lowest BCUT2D eigenvalue weighted by molar-refractivity contribution is 0.199. The molecule has 0 amide bonds. The van der Waals surface area contributed by atoms with Gasteiger partial charge in [0.25, 0.3) is 0 Å². The lowest BCUT2D eigenvalue weighted by Crippen LogP contribution is -2.48. The average Bonchev–Trinajstić information content (AvgIpc) is 2.47. The van der Waals surface area contributed by atoms with E-state index in [1.165, 1.54) is 0 Å². The van der Waals surface area contributed by atoms with Gasteiger partial charge in [0.05, 0.1) is 11.8 Å². The van der Waals surface area contributed by atoms with Crippen LogP contribution in [0.25, 0.3) is 0 Å². The number of benzene rings is 1. The van der Waals surface area contributed by atoms with Gasteiger partial charge in [-0.1, -0.05) is 13.0 Å². The Kier molecular flexibility index (Phi) is 5.62. The molecule has 2 atom stereocenters. The Bertz CT molecular complexity index is 604. The Morgan fingerprint density at radius 3 is 2.81 bits per heavy atom. The number of aliphatic hydroxyl groups is 1. The molecule has 0 radical (unpaired) electrons. The van der Waals surface area contributed by atoms with Crippen molar-refractivity contribution in [3.63, 3.8) is 0 Å². The van der Waals surface area contributed by atoms with Gasteiger partial charge in [0.1, 0.15) is 5.37 Å². The van der Waals surface area contributed by atoms with Crippen molar-refractivity contribution in [1.29, 1.82) is 0 Å². The number of rotatable bonds is 4. The number of aliphatic hydroxyl groups excluding tert-OH is 1. The highest BCUT2D eigenvalue weighted by molar-refractivity contribution is 9.10. The fraction of sp³-hybridized carbons (Fsp3) is 0.571. The van der Waals surface area contributed by atoms with Crippen LogP contribution in [0.2, 0.25) is 0 Å². The third-order valence-corrected chi connectivity index (χ3v) is 7.59. The Morgan fingerprint density at radius 1 is 1.52 bits per heavy atom. The molecule has 1 N–H and O–H groups in total. The van der Waals surface area contributed by atoms with Crippen molar-refractivity contribution in [3.8, 4) is 0 Å². The van der Waals surface area contributed by atoms with Crippen LogP contribution in [0.4, 0.5) is 5.69 Å². The number of sulfone groups is 1. The van der Waals surface area contributed by atoms with E-state index in [0.29, 0.717) is 12.3 Å². The van der Waals surface area contributed by atoms with Crippen LogP contribution in [-0.4, -0.2) is 42.7 Å². The quantitative estimate of drug-likeness (QED) is 0.851.